The molecule has 0 aromatic rings. The molecule has 1 saturated heterocycles. The highest BCUT2D eigenvalue weighted by molar-refractivity contribution is 6.74. The van der Waals surface area contributed by atoms with Crippen molar-refractivity contribution in [3.8, 4) is 0 Å². The van der Waals surface area contributed by atoms with Crippen LogP contribution in [0.15, 0.2) is 23.8 Å². The van der Waals surface area contributed by atoms with Gasteiger partial charge in [0.25, 0.3) is 0 Å². The van der Waals surface area contributed by atoms with Gasteiger partial charge >= 0.3 is 5.97 Å². The maximum absolute atomic E-state index is 12.1. The van der Waals surface area contributed by atoms with E-state index in [-0.39, 0.29) is 28.3 Å². The fourth-order valence-electron chi connectivity index (χ4n) is 4.43. The van der Waals surface area contributed by atoms with Crippen LogP contribution in [-0.4, -0.2) is 47.0 Å². The lowest BCUT2D eigenvalue weighted by Crippen LogP contribution is -2.42. The second kappa shape index (κ2) is 9.90. The number of methoxy groups -OCH3 is 1. The lowest BCUT2D eigenvalue weighted by Gasteiger charge is -2.39. The van der Waals surface area contributed by atoms with E-state index in [0.717, 1.165) is 12.8 Å². The lowest BCUT2D eigenvalue weighted by molar-refractivity contribution is -0.186. The lowest BCUT2D eigenvalue weighted by atomic mass is 9.69. The van der Waals surface area contributed by atoms with Gasteiger partial charge in [-0.2, -0.15) is 0 Å². The van der Waals surface area contributed by atoms with Crippen molar-refractivity contribution in [1.82, 2.24) is 0 Å². The number of ether oxygens (including phenoxy) is 3. The maximum Gasteiger partial charge on any atom is 0.306 e. The monoisotopic (exact) mass is 452 g/mol. The van der Waals surface area contributed by atoms with Gasteiger partial charge in [0.05, 0.1) is 33.4 Å². The minimum atomic E-state index is -1.74. The van der Waals surface area contributed by atoms with Crippen molar-refractivity contribution in [2.24, 2.45) is 17.3 Å². The van der Waals surface area contributed by atoms with Gasteiger partial charge in [0, 0.05) is 5.92 Å². The van der Waals surface area contributed by atoms with E-state index >= 15 is 0 Å². The Morgan fingerprint density at radius 3 is 2.39 bits per heavy atom. The first kappa shape index (κ1) is 26.3. The molecule has 1 aliphatic heterocycles. The first-order chi connectivity index (χ1) is 14.2. The molecule has 178 valence electrons. The maximum atomic E-state index is 12.1. The number of allylic oxidation sites excluding steroid dienone is 2. The summed E-state index contributed by atoms with van der Waals surface area (Å²) in [6.07, 6.45) is 8.87. The molecule has 1 aliphatic carbocycles. The number of carbonyl (C=O) groups excluding carboxylic acids is 1. The van der Waals surface area contributed by atoms with Crippen LogP contribution in [0.25, 0.3) is 0 Å². The molecule has 0 bridgehead atoms. The Morgan fingerprint density at radius 1 is 1.23 bits per heavy atom. The van der Waals surface area contributed by atoms with Gasteiger partial charge in [-0.3, -0.25) is 4.79 Å². The van der Waals surface area contributed by atoms with Crippen LogP contribution >= 0.6 is 0 Å². The average molecular weight is 453 g/mol. The standard InChI is InChI=1S/C25H44O5Si/c1-19(13-15-30-31(8,9)23(2,3)4)10-11-20-21(25(6)28-16-17-29-25)12-14-24(20,5)18-22(26)27-7/h12-14,20-21H,10-11,15-18H2,1-9H3/b19-13+/t20-,21+,24+/m1/s1. The minimum absolute atomic E-state index is 0.112. The summed E-state index contributed by atoms with van der Waals surface area (Å²) in [5.74, 6) is -0.454. The molecule has 0 radical (unpaired) electrons. The molecule has 5 nitrogen and oxygen atoms in total. The summed E-state index contributed by atoms with van der Waals surface area (Å²) in [5.41, 5.74) is 1.05. The largest absolute Gasteiger partial charge is 0.469 e. The molecule has 1 heterocycles. The van der Waals surface area contributed by atoms with Gasteiger partial charge in [-0.25, -0.2) is 0 Å². The van der Waals surface area contributed by atoms with Crippen LogP contribution in [0.3, 0.4) is 0 Å². The van der Waals surface area contributed by atoms with Gasteiger partial charge in [0.1, 0.15) is 0 Å². The molecule has 2 rings (SSSR count). The molecule has 3 atom stereocenters. The van der Waals surface area contributed by atoms with Crippen LogP contribution in [-0.2, 0) is 23.4 Å². The van der Waals surface area contributed by atoms with Crippen molar-refractivity contribution >= 4 is 14.3 Å². The van der Waals surface area contributed by atoms with E-state index in [2.05, 4.69) is 65.9 Å². The minimum Gasteiger partial charge on any atom is -0.469 e. The Labute approximate surface area is 190 Å². The Morgan fingerprint density at radius 2 is 1.84 bits per heavy atom. The number of hydrogen-bond donors (Lipinski definition) is 0. The van der Waals surface area contributed by atoms with E-state index in [4.69, 9.17) is 18.6 Å². The third kappa shape index (κ3) is 6.31. The fourth-order valence-corrected chi connectivity index (χ4v) is 5.36. The average Bonchev–Trinajstić information content (AvgIpc) is 3.23. The van der Waals surface area contributed by atoms with E-state index in [1.165, 1.54) is 12.7 Å². The topological polar surface area (TPSA) is 54.0 Å². The molecule has 2 aliphatic rings. The van der Waals surface area contributed by atoms with Crippen molar-refractivity contribution < 1.29 is 23.4 Å². The first-order valence-corrected chi connectivity index (χ1v) is 14.5. The van der Waals surface area contributed by atoms with Gasteiger partial charge < -0.3 is 18.6 Å². The van der Waals surface area contributed by atoms with Gasteiger partial charge in [-0.1, -0.05) is 51.5 Å². The highest BCUT2D eigenvalue weighted by atomic mass is 28.4. The molecule has 0 aromatic carbocycles. The van der Waals surface area contributed by atoms with Crippen molar-refractivity contribution in [2.45, 2.75) is 84.7 Å². The molecule has 1 fully saturated rings. The van der Waals surface area contributed by atoms with Crippen LogP contribution in [0.2, 0.25) is 18.1 Å². The van der Waals surface area contributed by atoms with Crippen LogP contribution in [0.5, 0.6) is 0 Å². The van der Waals surface area contributed by atoms with Crippen molar-refractivity contribution in [3.63, 3.8) is 0 Å². The molecule has 0 amide bonds. The van der Waals surface area contributed by atoms with E-state index < -0.39 is 14.1 Å². The molecule has 0 aromatic heterocycles. The summed E-state index contributed by atoms with van der Waals surface area (Å²) < 4.78 is 23.3. The number of carbonyl (C=O) groups is 1. The predicted molar refractivity (Wildman–Crippen MR) is 127 cm³/mol. The highest BCUT2D eigenvalue weighted by Gasteiger charge is 2.51. The second-order valence-electron chi connectivity index (χ2n) is 11.1. The SMILES string of the molecule is COC(=O)C[C@]1(C)C=C[C@H](C2(C)OCCO2)[C@H]1CC/C(C)=C/CO[Si](C)(C)C(C)(C)C. The zero-order valence-corrected chi connectivity index (χ0v) is 22.2. The summed E-state index contributed by atoms with van der Waals surface area (Å²) in [6, 6.07) is 0. The summed E-state index contributed by atoms with van der Waals surface area (Å²) in [5, 5.41) is 0.212. The summed E-state index contributed by atoms with van der Waals surface area (Å²) >= 11 is 0. The normalized spacial score (nSPS) is 28.9. The van der Waals surface area contributed by atoms with E-state index in [1.807, 2.05) is 6.92 Å². The second-order valence-corrected chi connectivity index (χ2v) is 15.9. The zero-order chi connectivity index (χ0) is 23.5. The highest BCUT2D eigenvalue weighted by Crippen LogP contribution is 2.52. The molecule has 6 heteroatoms. The Balaban J connectivity index is 2.07. The Bertz CT molecular complexity index is 685. The quantitative estimate of drug-likeness (QED) is 0.249. The van der Waals surface area contributed by atoms with E-state index in [1.54, 1.807) is 0 Å². The molecular formula is C25H44O5Si. The zero-order valence-electron chi connectivity index (χ0n) is 21.2. The molecular weight excluding hydrogens is 408 g/mol. The molecule has 0 unspecified atom stereocenters. The van der Waals surface area contributed by atoms with Gasteiger partial charge in [0.15, 0.2) is 14.1 Å². The third-order valence-corrected chi connectivity index (χ3v) is 12.2. The summed E-state index contributed by atoms with van der Waals surface area (Å²) in [6.45, 7) is 19.6. The van der Waals surface area contributed by atoms with Gasteiger partial charge in [-0.15, -0.1) is 0 Å². The number of rotatable bonds is 9. The summed E-state index contributed by atoms with van der Waals surface area (Å²) in [4.78, 5) is 12.1. The molecule has 0 N–H and O–H groups in total. The van der Waals surface area contributed by atoms with Crippen molar-refractivity contribution in [1.29, 1.82) is 0 Å². The molecule has 0 saturated carbocycles. The Kier molecular flexibility index (Phi) is 8.40. The van der Waals surface area contributed by atoms with Gasteiger partial charge in [0.2, 0.25) is 0 Å². The third-order valence-electron chi connectivity index (χ3n) is 7.72. The van der Waals surface area contributed by atoms with E-state index in [0.29, 0.717) is 26.2 Å². The number of esters is 1. The van der Waals surface area contributed by atoms with Crippen molar-refractivity contribution in [2.75, 3.05) is 26.9 Å². The smallest absolute Gasteiger partial charge is 0.306 e. The van der Waals surface area contributed by atoms with Crippen LogP contribution in [0.4, 0.5) is 0 Å². The molecule has 31 heavy (non-hydrogen) atoms. The van der Waals surface area contributed by atoms with Crippen LogP contribution < -0.4 is 0 Å². The predicted octanol–water partition coefficient (Wildman–Crippen LogP) is 5.87. The van der Waals surface area contributed by atoms with Gasteiger partial charge in [-0.05, 0) is 56.2 Å². The fraction of sp³-hybridized carbons (Fsp3) is 0.800. The van der Waals surface area contributed by atoms with E-state index in [9.17, 15) is 4.79 Å². The first-order valence-electron chi connectivity index (χ1n) is 11.6. The Hall–Kier alpha value is -0.953. The van der Waals surface area contributed by atoms with Crippen molar-refractivity contribution in [3.05, 3.63) is 23.8 Å². The number of hydrogen-bond acceptors (Lipinski definition) is 5. The summed E-state index contributed by atoms with van der Waals surface area (Å²) in [7, 11) is -0.289. The molecule has 0 spiro atoms. The van der Waals surface area contributed by atoms with Crippen LogP contribution in [0, 0.1) is 17.3 Å². The van der Waals surface area contributed by atoms with Crippen LogP contribution in [0.1, 0.15) is 60.8 Å².